The molecular weight excluding hydrogens is 345 g/mol. The molecule has 0 aliphatic carbocycles. The van der Waals surface area contributed by atoms with Crippen LogP contribution < -0.4 is 10.9 Å². The summed E-state index contributed by atoms with van der Waals surface area (Å²) in [5, 5.41) is 3.93. The molecule has 0 bridgehead atoms. The number of piperidine rings is 1. The molecule has 1 aliphatic rings. The van der Waals surface area contributed by atoms with Crippen molar-refractivity contribution in [1.82, 2.24) is 15.2 Å². The van der Waals surface area contributed by atoms with Crippen molar-refractivity contribution in [3.63, 3.8) is 0 Å². The van der Waals surface area contributed by atoms with Gasteiger partial charge in [-0.05, 0) is 50.0 Å². The van der Waals surface area contributed by atoms with Gasteiger partial charge in [0.05, 0.1) is 11.1 Å². The standard InChI is InChI=1S/C18H22FN3O2.ClH/c1-2-20-11-12-5-7-22(8-6-12)18(24)15-10-17(23)21-16-9-13(19)3-4-14(15)16;/h3-4,9-10,12,20H,2,5-8,11H2,1H3,(H,21,23);1H. The van der Waals surface area contributed by atoms with E-state index < -0.39 is 11.4 Å². The monoisotopic (exact) mass is 367 g/mol. The lowest BCUT2D eigenvalue weighted by Gasteiger charge is -2.32. The number of nitrogens with zero attached hydrogens (tertiary/aromatic N) is 1. The van der Waals surface area contributed by atoms with Gasteiger partial charge in [-0.15, -0.1) is 12.4 Å². The first-order valence-electron chi connectivity index (χ1n) is 8.41. The summed E-state index contributed by atoms with van der Waals surface area (Å²) in [5.74, 6) is -0.00869. The van der Waals surface area contributed by atoms with Gasteiger partial charge in [-0.25, -0.2) is 4.39 Å². The lowest BCUT2D eigenvalue weighted by molar-refractivity contribution is 0.0692. The van der Waals surface area contributed by atoms with Crippen LogP contribution in [0.3, 0.4) is 0 Å². The summed E-state index contributed by atoms with van der Waals surface area (Å²) >= 11 is 0. The third-order valence-corrected chi connectivity index (χ3v) is 4.62. The van der Waals surface area contributed by atoms with E-state index in [1.165, 1.54) is 18.2 Å². The summed E-state index contributed by atoms with van der Waals surface area (Å²) in [6.45, 7) is 5.38. The maximum absolute atomic E-state index is 13.4. The molecule has 1 aromatic heterocycles. The first kappa shape index (κ1) is 19.4. The van der Waals surface area contributed by atoms with Gasteiger partial charge in [0.2, 0.25) is 5.56 Å². The second kappa shape index (κ2) is 8.45. The molecule has 5 nitrogen and oxygen atoms in total. The predicted molar refractivity (Wildman–Crippen MR) is 98.9 cm³/mol. The third kappa shape index (κ3) is 4.38. The highest BCUT2D eigenvalue weighted by Crippen LogP contribution is 2.22. The molecule has 3 rings (SSSR count). The van der Waals surface area contributed by atoms with Crippen molar-refractivity contribution in [3.8, 4) is 0 Å². The molecule has 136 valence electrons. The summed E-state index contributed by atoms with van der Waals surface area (Å²) in [6, 6.07) is 5.41. The number of likely N-dealkylation sites (tertiary alicyclic amines) is 1. The molecule has 0 unspecified atom stereocenters. The number of aromatic amines is 1. The number of halogens is 2. The number of H-pyrrole nitrogens is 1. The van der Waals surface area contributed by atoms with Crippen molar-refractivity contribution < 1.29 is 9.18 Å². The molecule has 7 heteroatoms. The van der Waals surface area contributed by atoms with Crippen LogP contribution in [-0.2, 0) is 0 Å². The number of hydrogen-bond donors (Lipinski definition) is 2. The number of aromatic nitrogens is 1. The smallest absolute Gasteiger partial charge is 0.254 e. The molecule has 1 saturated heterocycles. The molecule has 1 aliphatic heterocycles. The number of amides is 1. The van der Waals surface area contributed by atoms with Crippen LogP contribution in [0.15, 0.2) is 29.1 Å². The molecule has 2 aromatic rings. The van der Waals surface area contributed by atoms with Crippen molar-refractivity contribution >= 4 is 29.2 Å². The van der Waals surface area contributed by atoms with Gasteiger partial charge in [-0.3, -0.25) is 9.59 Å². The summed E-state index contributed by atoms with van der Waals surface area (Å²) in [4.78, 5) is 29.0. The average molecular weight is 368 g/mol. The number of rotatable bonds is 4. The second-order valence-electron chi connectivity index (χ2n) is 6.28. The third-order valence-electron chi connectivity index (χ3n) is 4.62. The van der Waals surface area contributed by atoms with E-state index in [1.54, 1.807) is 11.0 Å². The topological polar surface area (TPSA) is 65.2 Å². The van der Waals surface area contributed by atoms with Gasteiger partial charge in [0.15, 0.2) is 0 Å². The maximum atomic E-state index is 13.4. The summed E-state index contributed by atoms with van der Waals surface area (Å²) in [7, 11) is 0. The van der Waals surface area contributed by atoms with Gasteiger partial charge in [0.1, 0.15) is 5.82 Å². The number of carbonyl (C=O) groups is 1. The van der Waals surface area contributed by atoms with Crippen LogP contribution in [0.2, 0.25) is 0 Å². The largest absolute Gasteiger partial charge is 0.339 e. The van der Waals surface area contributed by atoms with Gasteiger partial charge in [0.25, 0.3) is 5.91 Å². The highest BCUT2D eigenvalue weighted by molar-refractivity contribution is 6.06. The molecule has 1 fully saturated rings. The Balaban J connectivity index is 0.00000225. The molecular formula is C18H23ClFN3O2. The van der Waals surface area contributed by atoms with E-state index in [2.05, 4.69) is 17.2 Å². The molecule has 0 spiro atoms. The number of pyridine rings is 1. The van der Waals surface area contributed by atoms with E-state index in [0.717, 1.165) is 25.9 Å². The number of hydrogen-bond acceptors (Lipinski definition) is 3. The number of carbonyl (C=O) groups excluding carboxylic acids is 1. The Bertz CT molecular complexity index is 800. The van der Waals surface area contributed by atoms with Gasteiger partial charge in [-0.2, -0.15) is 0 Å². The number of fused-ring (bicyclic) bond motifs is 1. The molecule has 25 heavy (non-hydrogen) atoms. The molecule has 0 saturated carbocycles. The minimum Gasteiger partial charge on any atom is -0.339 e. The van der Waals surface area contributed by atoms with Gasteiger partial charge >= 0.3 is 0 Å². The average Bonchev–Trinajstić information content (AvgIpc) is 2.58. The molecule has 2 N–H and O–H groups in total. The zero-order valence-electron chi connectivity index (χ0n) is 14.2. The fraction of sp³-hybridized carbons (Fsp3) is 0.444. The van der Waals surface area contributed by atoms with Gasteiger partial charge in [-0.1, -0.05) is 6.92 Å². The molecule has 0 radical (unpaired) electrons. The lowest BCUT2D eigenvalue weighted by Crippen LogP contribution is -2.41. The minimum atomic E-state index is -0.438. The Morgan fingerprint density at radius 3 is 2.72 bits per heavy atom. The van der Waals surface area contributed by atoms with E-state index in [4.69, 9.17) is 0 Å². The molecule has 1 amide bonds. The molecule has 2 heterocycles. The zero-order chi connectivity index (χ0) is 17.1. The van der Waals surface area contributed by atoms with Crippen LogP contribution in [0.4, 0.5) is 4.39 Å². The number of benzene rings is 1. The Hall–Kier alpha value is -1.92. The van der Waals surface area contributed by atoms with E-state index in [-0.39, 0.29) is 18.3 Å². The molecule has 1 aromatic carbocycles. The Morgan fingerprint density at radius 1 is 1.32 bits per heavy atom. The van der Waals surface area contributed by atoms with Crippen LogP contribution in [0.25, 0.3) is 10.9 Å². The van der Waals surface area contributed by atoms with Crippen molar-refractivity contribution in [1.29, 1.82) is 0 Å². The van der Waals surface area contributed by atoms with Crippen molar-refractivity contribution in [3.05, 3.63) is 46.0 Å². The normalized spacial score (nSPS) is 15.2. The van der Waals surface area contributed by atoms with Crippen LogP contribution in [0.5, 0.6) is 0 Å². The Kier molecular flexibility index (Phi) is 6.56. The van der Waals surface area contributed by atoms with Crippen LogP contribution in [-0.4, -0.2) is 42.0 Å². The minimum absolute atomic E-state index is 0. The summed E-state index contributed by atoms with van der Waals surface area (Å²) in [5.41, 5.74) is 0.310. The van der Waals surface area contributed by atoms with Gasteiger partial charge < -0.3 is 15.2 Å². The summed E-state index contributed by atoms with van der Waals surface area (Å²) < 4.78 is 13.4. The van der Waals surface area contributed by atoms with E-state index in [1.807, 2.05) is 0 Å². The van der Waals surface area contributed by atoms with Crippen molar-refractivity contribution in [2.24, 2.45) is 5.92 Å². The fourth-order valence-electron chi connectivity index (χ4n) is 3.27. The first-order valence-corrected chi connectivity index (χ1v) is 8.41. The summed E-state index contributed by atoms with van der Waals surface area (Å²) in [6.07, 6.45) is 1.91. The van der Waals surface area contributed by atoms with Crippen LogP contribution >= 0.6 is 12.4 Å². The van der Waals surface area contributed by atoms with Gasteiger partial charge in [0, 0.05) is 24.5 Å². The van der Waals surface area contributed by atoms with E-state index in [9.17, 15) is 14.0 Å². The quantitative estimate of drug-likeness (QED) is 0.872. The van der Waals surface area contributed by atoms with Crippen molar-refractivity contribution in [2.75, 3.05) is 26.2 Å². The van der Waals surface area contributed by atoms with E-state index >= 15 is 0 Å². The fourth-order valence-corrected chi connectivity index (χ4v) is 3.27. The Labute approximate surface area is 152 Å². The first-order chi connectivity index (χ1) is 11.6. The van der Waals surface area contributed by atoms with Crippen molar-refractivity contribution in [2.45, 2.75) is 19.8 Å². The lowest BCUT2D eigenvalue weighted by atomic mass is 9.96. The highest BCUT2D eigenvalue weighted by atomic mass is 35.5. The Morgan fingerprint density at radius 2 is 2.04 bits per heavy atom. The number of nitrogens with one attached hydrogen (secondary N) is 2. The SMILES string of the molecule is CCNCC1CCN(C(=O)c2cc(=O)[nH]c3cc(F)ccc23)CC1.Cl. The zero-order valence-corrected chi connectivity index (χ0v) is 15.0. The highest BCUT2D eigenvalue weighted by Gasteiger charge is 2.24. The van der Waals surface area contributed by atoms with E-state index in [0.29, 0.717) is 35.5 Å². The van der Waals surface area contributed by atoms with Crippen LogP contribution in [0.1, 0.15) is 30.1 Å². The second-order valence-corrected chi connectivity index (χ2v) is 6.28. The predicted octanol–water partition coefficient (Wildman–Crippen LogP) is 2.55. The van der Waals surface area contributed by atoms with Crippen LogP contribution in [0, 0.1) is 11.7 Å². The maximum Gasteiger partial charge on any atom is 0.254 e. The molecule has 0 atom stereocenters.